The largest absolute Gasteiger partial charge is 0.472 e. The van der Waals surface area contributed by atoms with Crippen molar-refractivity contribution in [2.45, 2.75) is 355 Å². The average molecular weight is 1270 g/mol. The first kappa shape index (κ1) is 84.1. The van der Waals surface area contributed by atoms with Crippen molar-refractivity contribution >= 4 is 39.5 Å². The molecular formula is C67H130O17P2. The van der Waals surface area contributed by atoms with Crippen molar-refractivity contribution in [2.75, 3.05) is 39.6 Å². The standard InChI is InChI=1S/C67H130O17P2/c1-7-9-11-13-14-15-16-17-22-28-33-39-45-51-66(71)83-62(55-77-64(69)49-43-35-12-10-8-2)57-81-85(73,74)79-53-61(68)54-80-86(75,76)82-58-63(84-67(72)52-46-40-34-29-24-19-21-26-31-37-42-48-60(5)6)56-78-65(70)50-44-38-32-27-23-18-20-25-30-36-41-47-59(3)4/h59-63,68H,7-58H2,1-6H3,(H,73,74)(H,75,76)/t61-,62+,63+/m0/s1. The second-order valence-electron chi connectivity index (χ2n) is 25.2. The first-order chi connectivity index (χ1) is 41.4. The summed E-state index contributed by atoms with van der Waals surface area (Å²) in [7, 11) is -9.89. The summed E-state index contributed by atoms with van der Waals surface area (Å²) in [6.07, 6.45) is 43.3. The number of aliphatic hydroxyl groups is 1. The number of phosphoric ester groups is 2. The molecule has 0 rings (SSSR count). The monoisotopic (exact) mass is 1270 g/mol. The van der Waals surface area contributed by atoms with E-state index in [0.717, 1.165) is 108 Å². The van der Waals surface area contributed by atoms with Gasteiger partial charge in [0.1, 0.15) is 19.3 Å². The molecule has 2 unspecified atom stereocenters. The molecule has 0 aromatic carbocycles. The van der Waals surface area contributed by atoms with E-state index in [1.165, 1.54) is 148 Å². The number of phosphoric acid groups is 2. The maximum absolute atomic E-state index is 13.0. The van der Waals surface area contributed by atoms with Gasteiger partial charge in [-0.2, -0.15) is 0 Å². The average Bonchev–Trinajstić information content (AvgIpc) is 3.69. The molecule has 0 aliphatic carbocycles. The molecule has 17 nitrogen and oxygen atoms in total. The van der Waals surface area contributed by atoms with Gasteiger partial charge in [-0.15, -0.1) is 0 Å². The van der Waals surface area contributed by atoms with E-state index in [0.29, 0.717) is 25.7 Å². The molecule has 3 N–H and O–H groups in total. The van der Waals surface area contributed by atoms with Gasteiger partial charge in [0.2, 0.25) is 0 Å². The molecule has 0 saturated heterocycles. The molecule has 0 aromatic heterocycles. The van der Waals surface area contributed by atoms with Crippen molar-refractivity contribution in [2.24, 2.45) is 11.8 Å². The number of carbonyl (C=O) groups excluding carboxylic acids is 4. The molecule has 0 saturated carbocycles. The van der Waals surface area contributed by atoms with Gasteiger partial charge < -0.3 is 33.8 Å². The van der Waals surface area contributed by atoms with Gasteiger partial charge >= 0.3 is 39.5 Å². The van der Waals surface area contributed by atoms with E-state index >= 15 is 0 Å². The zero-order valence-electron chi connectivity index (χ0n) is 55.6. The molecule has 0 spiro atoms. The Labute approximate surface area is 524 Å². The molecule has 86 heavy (non-hydrogen) atoms. The lowest BCUT2D eigenvalue weighted by atomic mass is 10.0. The van der Waals surface area contributed by atoms with Crippen molar-refractivity contribution in [3.05, 3.63) is 0 Å². The summed E-state index contributed by atoms with van der Waals surface area (Å²) < 4.78 is 68.0. The minimum absolute atomic E-state index is 0.106. The van der Waals surface area contributed by atoms with Crippen LogP contribution in [0.4, 0.5) is 0 Å². The zero-order chi connectivity index (χ0) is 63.6. The molecule has 0 radical (unpaired) electrons. The summed E-state index contributed by atoms with van der Waals surface area (Å²) in [6, 6.07) is 0. The van der Waals surface area contributed by atoms with Crippen LogP contribution >= 0.6 is 15.6 Å². The minimum atomic E-state index is -4.95. The molecule has 0 heterocycles. The highest BCUT2D eigenvalue weighted by molar-refractivity contribution is 7.47. The summed E-state index contributed by atoms with van der Waals surface area (Å²) >= 11 is 0. The smallest absolute Gasteiger partial charge is 0.462 e. The number of hydrogen-bond acceptors (Lipinski definition) is 15. The normalized spacial score (nSPS) is 14.2. The summed E-state index contributed by atoms with van der Waals surface area (Å²) in [4.78, 5) is 72.2. The van der Waals surface area contributed by atoms with Crippen LogP contribution in [0.25, 0.3) is 0 Å². The van der Waals surface area contributed by atoms with Crippen LogP contribution in [0.3, 0.4) is 0 Å². The fourth-order valence-electron chi connectivity index (χ4n) is 10.1. The maximum atomic E-state index is 13.0. The Hall–Kier alpha value is -1.94. The highest BCUT2D eigenvalue weighted by Gasteiger charge is 2.30. The van der Waals surface area contributed by atoms with Crippen LogP contribution < -0.4 is 0 Å². The van der Waals surface area contributed by atoms with Gasteiger partial charge in [-0.25, -0.2) is 9.13 Å². The van der Waals surface area contributed by atoms with Gasteiger partial charge in [-0.1, -0.05) is 286 Å². The molecule has 0 aliphatic rings. The van der Waals surface area contributed by atoms with Crippen LogP contribution in [0.1, 0.15) is 337 Å². The van der Waals surface area contributed by atoms with Gasteiger partial charge in [0.05, 0.1) is 26.4 Å². The first-order valence-electron chi connectivity index (χ1n) is 35.0. The fourth-order valence-corrected chi connectivity index (χ4v) is 11.6. The van der Waals surface area contributed by atoms with E-state index in [1.807, 2.05) is 0 Å². The van der Waals surface area contributed by atoms with E-state index in [9.17, 15) is 43.2 Å². The molecule has 0 fully saturated rings. The van der Waals surface area contributed by atoms with Gasteiger partial charge in [0, 0.05) is 25.7 Å². The number of rotatable bonds is 66. The molecule has 0 amide bonds. The predicted octanol–water partition coefficient (Wildman–Crippen LogP) is 18.8. The molecule has 5 atom stereocenters. The van der Waals surface area contributed by atoms with Gasteiger partial charge in [0.25, 0.3) is 0 Å². The third-order valence-electron chi connectivity index (χ3n) is 15.5. The van der Waals surface area contributed by atoms with Gasteiger partial charge in [0.15, 0.2) is 12.2 Å². The van der Waals surface area contributed by atoms with Crippen molar-refractivity contribution in [3.63, 3.8) is 0 Å². The Morgan fingerprint density at radius 3 is 0.791 bits per heavy atom. The minimum Gasteiger partial charge on any atom is -0.462 e. The Morgan fingerprint density at radius 1 is 0.314 bits per heavy atom. The number of aliphatic hydroxyl groups excluding tert-OH is 1. The van der Waals surface area contributed by atoms with Crippen LogP contribution in [0.5, 0.6) is 0 Å². The second kappa shape index (κ2) is 59.4. The maximum Gasteiger partial charge on any atom is 0.472 e. The lowest BCUT2D eigenvalue weighted by Crippen LogP contribution is -2.30. The molecule has 0 aliphatic heterocycles. The van der Waals surface area contributed by atoms with E-state index < -0.39 is 97.5 Å². The van der Waals surface area contributed by atoms with Crippen LogP contribution in [0, 0.1) is 11.8 Å². The van der Waals surface area contributed by atoms with E-state index in [-0.39, 0.29) is 25.7 Å². The lowest BCUT2D eigenvalue weighted by Gasteiger charge is -2.21. The molecule has 0 aromatic rings. The second-order valence-corrected chi connectivity index (χ2v) is 28.1. The Bertz CT molecular complexity index is 1680. The summed E-state index contributed by atoms with van der Waals surface area (Å²) in [5, 5.41) is 10.5. The third-order valence-corrected chi connectivity index (χ3v) is 17.4. The Morgan fingerprint density at radius 2 is 0.535 bits per heavy atom. The highest BCUT2D eigenvalue weighted by Crippen LogP contribution is 2.45. The van der Waals surface area contributed by atoms with Crippen molar-refractivity contribution < 1.29 is 80.2 Å². The fraction of sp³-hybridized carbons (Fsp3) is 0.940. The van der Waals surface area contributed by atoms with E-state index in [2.05, 4.69) is 41.5 Å². The Balaban J connectivity index is 5.17. The zero-order valence-corrected chi connectivity index (χ0v) is 57.4. The summed E-state index contributed by atoms with van der Waals surface area (Å²) in [5.41, 5.74) is 0. The van der Waals surface area contributed by atoms with Crippen molar-refractivity contribution in [1.29, 1.82) is 0 Å². The summed E-state index contributed by atoms with van der Waals surface area (Å²) in [6.45, 7) is 9.45. The number of hydrogen-bond donors (Lipinski definition) is 3. The van der Waals surface area contributed by atoms with Crippen LogP contribution in [0.15, 0.2) is 0 Å². The van der Waals surface area contributed by atoms with Gasteiger partial charge in [-0.05, 0) is 37.5 Å². The SMILES string of the molecule is CCCCCCCCCCCCCCCC(=O)O[C@H](COC(=O)CCCCCCC)COP(=O)(O)OC[C@H](O)COP(=O)(O)OC[C@@H](COC(=O)CCCCCCCCCCCCCC(C)C)OC(=O)CCCCCCCCCCCCCC(C)C. The van der Waals surface area contributed by atoms with Crippen molar-refractivity contribution in [1.82, 2.24) is 0 Å². The van der Waals surface area contributed by atoms with E-state index in [4.69, 9.17) is 37.0 Å². The Kier molecular flexibility index (Phi) is 58.0. The van der Waals surface area contributed by atoms with Crippen LogP contribution in [-0.2, 0) is 65.4 Å². The first-order valence-corrected chi connectivity index (χ1v) is 38.0. The highest BCUT2D eigenvalue weighted by atomic mass is 31.2. The molecule has 510 valence electrons. The molecule has 19 heteroatoms. The quantitative estimate of drug-likeness (QED) is 0.0222. The number of carbonyl (C=O) groups is 4. The van der Waals surface area contributed by atoms with Crippen molar-refractivity contribution in [3.8, 4) is 0 Å². The van der Waals surface area contributed by atoms with Crippen LogP contribution in [-0.4, -0.2) is 96.7 Å². The molecular weight excluding hydrogens is 1140 g/mol. The van der Waals surface area contributed by atoms with Crippen LogP contribution in [0.2, 0.25) is 0 Å². The number of unbranched alkanes of at least 4 members (excludes halogenated alkanes) is 36. The van der Waals surface area contributed by atoms with E-state index in [1.54, 1.807) is 0 Å². The topological polar surface area (TPSA) is 237 Å². The third kappa shape index (κ3) is 60.9. The predicted molar refractivity (Wildman–Crippen MR) is 345 cm³/mol. The summed E-state index contributed by atoms with van der Waals surface area (Å²) in [5.74, 6) is -0.602. The molecule has 0 bridgehead atoms. The number of esters is 4. The number of ether oxygens (including phenoxy) is 4. The lowest BCUT2D eigenvalue weighted by molar-refractivity contribution is -0.161. The van der Waals surface area contributed by atoms with Gasteiger partial charge in [-0.3, -0.25) is 37.3 Å².